The van der Waals surface area contributed by atoms with Crippen LogP contribution in [-0.4, -0.2) is 29.7 Å². The van der Waals surface area contributed by atoms with E-state index in [1.54, 1.807) is 6.08 Å². The highest BCUT2D eigenvalue weighted by molar-refractivity contribution is 5.78. The highest BCUT2D eigenvalue weighted by Crippen LogP contribution is 2.34. The van der Waals surface area contributed by atoms with Crippen molar-refractivity contribution in [1.29, 1.82) is 0 Å². The molecule has 1 fully saturated rings. The molecular formula is C14H24N2O3. The van der Waals surface area contributed by atoms with Gasteiger partial charge in [-0.2, -0.15) is 0 Å². The molecule has 0 saturated heterocycles. The van der Waals surface area contributed by atoms with E-state index < -0.39 is 11.4 Å². The van der Waals surface area contributed by atoms with Crippen molar-refractivity contribution >= 4 is 12.0 Å². The summed E-state index contributed by atoms with van der Waals surface area (Å²) < 4.78 is 0. The fourth-order valence-electron chi connectivity index (χ4n) is 2.44. The zero-order chi connectivity index (χ0) is 14.3. The molecule has 0 aliphatic heterocycles. The summed E-state index contributed by atoms with van der Waals surface area (Å²) in [4.78, 5) is 23.2. The highest BCUT2D eigenvalue weighted by atomic mass is 16.4. The van der Waals surface area contributed by atoms with Crippen molar-refractivity contribution in [3.63, 3.8) is 0 Å². The zero-order valence-corrected chi connectivity index (χ0v) is 11.6. The van der Waals surface area contributed by atoms with Crippen LogP contribution in [0.1, 0.15) is 45.4 Å². The van der Waals surface area contributed by atoms with Gasteiger partial charge in [-0.05, 0) is 19.8 Å². The van der Waals surface area contributed by atoms with Crippen LogP contribution < -0.4 is 10.6 Å². The lowest BCUT2D eigenvalue weighted by atomic mass is 9.80. The van der Waals surface area contributed by atoms with E-state index >= 15 is 0 Å². The van der Waals surface area contributed by atoms with Gasteiger partial charge in [-0.3, -0.25) is 4.79 Å². The van der Waals surface area contributed by atoms with Gasteiger partial charge in [0.05, 0.1) is 5.41 Å². The average molecular weight is 268 g/mol. The molecule has 0 aromatic carbocycles. The molecule has 3 N–H and O–H groups in total. The number of amides is 2. The molecule has 0 radical (unpaired) electrons. The molecule has 1 unspecified atom stereocenters. The van der Waals surface area contributed by atoms with Crippen LogP contribution in [-0.2, 0) is 4.79 Å². The second-order valence-corrected chi connectivity index (χ2v) is 5.35. The average Bonchev–Trinajstić information content (AvgIpc) is 2.62. The Kier molecular flexibility index (Phi) is 5.86. The number of nitrogens with one attached hydrogen (secondary N) is 2. The number of hydrogen-bond donors (Lipinski definition) is 3. The van der Waals surface area contributed by atoms with E-state index in [9.17, 15) is 14.7 Å². The first-order valence-electron chi connectivity index (χ1n) is 6.90. The summed E-state index contributed by atoms with van der Waals surface area (Å²) in [5.74, 6) is -0.800. The SMILES string of the molecule is C=CC(C)NC(=O)NCC1(C(=O)O)CCCCCC1. The Bertz CT molecular complexity index is 334. The van der Waals surface area contributed by atoms with Crippen LogP contribution in [0.4, 0.5) is 4.79 Å². The molecule has 0 spiro atoms. The summed E-state index contributed by atoms with van der Waals surface area (Å²) in [5.41, 5.74) is -0.800. The van der Waals surface area contributed by atoms with E-state index in [4.69, 9.17) is 0 Å². The van der Waals surface area contributed by atoms with Gasteiger partial charge in [-0.25, -0.2) is 4.79 Å². The third-order valence-electron chi connectivity index (χ3n) is 3.81. The fourth-order valence-corrected chi connectivity index (χ4v) is 2.44. The van der Waals surface area contributed by atoms with Gasteiger partial charge in [-0.1, -0.05) is 31.8 Å². The van der Waals surface area contributed by atoms with Gasteiger partial charge in [0.25, 0.3) is 0 Å². The molecule has 19 heavy (non-hydrogen) atoms. The van der Waals surface area contributed by atoms with Crippen molar-refractivity contribution in [2.75, 3.05) is 6.54 Å². The first-order chi connectivity index (χ1) is 9.00. The summed E-state index contributed by atoms with van der Waals surface area (Å²) in [7, 11) is 0. The van der Waals surface area contributed by atoms with Gasteiger partial charge in [-0.15, -0.1) is 6.58 Å². The molecule has 1 saturated carbocycles. The van der Waals surface area contributed by atoms with Crippen molar-refractivity contribution < 1.29 is 14.7 Å². The number of carbonyl (C=O) groups is 2. The third kappa shape index (κ3) is 4.58. The first kappa shape index (κ1) is 15.5. The first-order valence-corrected chi connectivity index (χ1v) is 6.90. The fraction of sp³-hybridized carbons (Fsp3) is 0.714. The topological polar surface area (TPSA) is 78.4 Å². The van der Waals surface area contributed by atoms with E-state index in [-0.39, 0.29) is 18.6 Å². The number of rotatable bonds is 5. The third-order valence-corrected chi connectivity index (χ3v) is 3.81. The minimum atomic E-state index is -0.800. The highest BCUT2D eigenvalue weighted by Gasteiger charge is 2.38. The largest absolute Gasteiger partial charge is 0.481 e. The minimum absolute atomic E-state index is 0.130. The van der Waals surface area contributed by atoms with Crippen LogP contribution in [0.15, 0.2) is 12.7 Å². The summed E-state index contributed by atoms with van der Waals surface area (Å²) in [6.45, 7) is 5.58. The van der Waals surface area contributed by atoms with Gasteiger partial charge in [0, 0.05) is 12.6 Å². The maximum atomic E-state index is 11.6. The Morgan fingerprint density at radius 3 is 2.37 bits per heavy atom. The molecule has 1 rings (SSSR count). The molecule has 0 aromatic rings. The van der Waals surface area contributed by atoms with Crippen molar-refractivity contribution in [1.82, 2.24) is 10.6 Å². The number of carboxylic acids is 1. The quantitative estimate of drug-likeness (QED) is 0.529. The molecule has 0 bridgehead atoms. The van der Waals surface area contributed by atoms with Crippen molar-refractivity contribution in [3.05, 3.63) is 12.7 Å². The summed E-state index contributed by atoms with van der Waals surface area (Å²) in [5, 5.41) is 14.8. The lowest BCUT2D eigenvalue weighted by molar-refractivity contribution is -0.149. The van der Waals surface area contributed by atoms with Crippen LogP contribution in [0.3, 0.4) is 0 Å². The maximum absolute atomic E-state index is 11.6. The Labute approximate surface area is 114 Å². The van der Waals surface area contributed by atoms with E-state index in [1.807, 2.05) is 6.92 Å². The molecule has 108 valence electrons. The normalized spacial score (nSPS) is 19.8. The molecule has 0 aromatic heterocycles. The van der Waals surface area contributed by atoms with Gasteiger partial charge in [0.15, 0.2) is 0 Å². The van der Waals surface area contributed by atoms with Gasteiger partial charge in [0.2, 0.25) is 0 Å². The molecule has 5 heteroatoms. The van der Waals surface area contributed by atoms with E-state index in [2.05, 4.69) is 17.2 Å². The van der Waals surface area contributed by atoms with Crippen molar-refractivity contribution in [2.24, 2.45) is 5.41 Å². The van der Waals surface area contributed by atoms with Crippen LogP contribution in [0.5, 0.6) is 0 Å². The Balaban J connectivity index is 2.56. The minimum Gasteiger partial charge on any atom is -0.481 e. The maximum Gasteiger partial charge on any atom is 0.315 e. The molecule has 0 heterocycles. The number of urea groups is 1. The number of carbonyl (C=O) groups excluding carboxylic acids is 1. The summed E-state index contributed by atoms with van der Waals surface area (Å²) >= 11 is 0. The number of aliphatic carboxylic acids is 1. The van der Waals surface area contributed by atoms with Gasteiger partial charge >= 0.3 is 12.0 Å². The Hall–Kier alpha value is -1.52. The second-order valence-electron chi connectivity index (χ2n) is 5.35. The monoisotopic (exact) mass is 268 g/mol. The van der Waals surface area contributed by atoms with Crippen LogP contribution in [0.2, 0.25) is 0 Å². The second kappa shape index (κ2) is 7.16. The summed E-state index contributed by atoms with van der Waals surface area (Å²) in [6, 6.07) is -0.466. The number of carboxylic acid groups (broad SMARTS) is 1. The van der Waals surface area contributed by atoms with E-state index in [0.717, 1.165) is 25.7 Å². The predicted molar refractivity (Wildman–Crippen MR) is 74.0 cm³/mol. The van der Waals surface area contributed by atoms with Crippen LogP contribution in [0, 0.1) is 5.41 Å². The molecule has 2 amide bonds. The zero-order valence-electron chi connectivity index (χ0n) is 11.6. The predicted octanol–water partition coefficient (Wildman–Crippen LogP) is 2.29. The summed E-state index contributed by atoms with van der Waals surface area (Å²) in [6.07, 6.45) is 6.89. The lowest BCUT2D eigenvalue weighted by Crippen LogP contribution is -2.47. The molecule has 1 aliphatic carbocycles. The Morgan fingerprint density at radius 1 is 1.32 bits per heavy atom. The molecule has 1 atom stereocenters. The Morgan fingerprint density at radius 2 is 1.89 bits per heavy atom. The van der Waals surface area contributed by atoms with Gasteiger partial charge < -0.3 is 15.7 Å². The lowest BCUT2D eigenvalue weighted by Gasteiger charge is -2.28. The van der Waals surface area contributed by atoms with E-state index in [1.165, 1.54) is 0 Å². The van der Waals surface area contributed by atoms with E-state index in [0.29, 0.717) is 12.8 Å². The standard InChI is InChI=1S/C14H24N2O3/c1-3-11(2)16-13(19)15-10-14(12(17)18)8-6-4-5-7-9-14/h3,11H,1,4-10H2,2H3,(H,17,18)(H2,15,16,19). The van der Waals surface area contributed by atoms with Crippen LogP contribution in [0.25, 0.3) is 0 Å². The molecular weight excluding hydrogens is 244 g/mol. The van der Waals surface area contributed by atoms with Crippen molar-refractivity contribution in [3.8, 4) is 0 Å². The molecule has 1 aliphatic rings. The smallest absolute Gasteiger partial charge is 0.315 e. The van der Waals surface area contributed by atoms with Crippen molar-refractivity contribution in [2.45, 2.75) is 51.5 Å². The molecule has 5 nitrogen and oxygen atoms in total. The number of hydrogen-bond acceptors (Lipinski definition) is 2. The van der Waals surface area contributed by atoms with Gasteiger partial charge in [0.1, 0.15) is 0 Å². The van der Waals surface area contributed by atoms with Crippen LogP contribution >= 0.6 is 0 Å².